The summed E-state index contributed by atoms with van der Waals surface area (Å²) in [4.78, 5) is 31.0. The van der Waals surface area contributed by atoms with Crippen molar-refractivity contribution in [3.63, 3.8) is 0 Å². The van der Waals surface area contributed by atoms with E-state index in [-0.39, 0.29) is 28.5 Å². The third-order valence-electron chi connectivity index (χ3n) is 8.85. The number of amides is 2. The van der Waals surface area contributed by atoms with E-state index in [9.17, 15) is 9.59 Å². The van der Waals surface area contributed by atoms with Crippen molar-refractivity contribution in [3.05, 3.63) is 47.4 Å². The Morgan fingerprint density at radius 1 is 1.13 bits per heavy atom. The molecular formula is C33H49FN7O3S+. The summed E-state index contributed by atoms with van der Waals surface area (Å²) in [6.45, 7) is 13.9. The fourth-order valence-corrected chi connectivity index (χ4v) is 6.78. The molecule has 4 rings (SSSR count). The molecule has 1 aliphatic carbocycles. The molecule has 3 heterocycles. The first-order valence-electron chi connectivity index (χ1n) is 16.1. The van der Waals surface area contributed by atoms with Crippen LogP contribution >= 0.6 is 0 Å². The van der Waals surface area contributed by atoms with Gasteiger partial charge in [-0.25, -0.2) is 9.67 Å². The van der Waals surface area contributed by atoms with E-state index < -0.39 is 17.9 Å². The minimum Gasteiger partial charge on any atom is -0.354 e. The molecule has 12 heteroatoms. The number of pyridine rings is 1. The Hall–Kier alpha value is -3.25. The average Bonchev–Trinajstić information content (AvgIpc) is 3.62. The van der Waals surface area contributed by atoms with Gasteiger partial charge < -0.3 is 15.4 Å². The average molecular weight is 643 g/mol. The number of anilines is 1. The van der Waals surface area contributed by atoms with Crippen molar-refractivity contribution in [1.29, 1.82) is 0 Å². The molecule has 246 valence electrons. The highest BCUT2D eigenvalue weighted by atomic mass is 32.2. The number of nitrogens with one attached hydrogen (secondary N) is 2. The number of ether oxygens (including phenoxy) is 1. The highest BCUT2D eigenvalue weighted by molar-refractivity contribution is 7.96. The monoisotopic (exact) mass is 642 g/mol. The maximum atomic E-state index is 15.6. The summed E-state index contributed by atoms with van der Waals surface area (Å²) in [5, 5.41) is 15.2. The number of nitrogens with zero attached hydrogens (tertiary/aromatic N) is 5. The Labute approximate surface area is 269 Å². The smallest absolute Gasteiger partial charge is 0.270 e. The van der Waals surface area contributed by atoms with E-state index in [1.54, 1.807) is 33.8 Å². The first-order valence-corrected chi connectivity index (χ1v) is 18.0. The van der Waals surface area contributed by atoms with Crippen molar-refractivity contribution in [3.8, 4) is 11.1 Å². The first-order chi connectivity index (χ1) is 21.5. The van der Waals surface area contributed by atoms with Crippen LogP contribution in [0.3, 0.4) is 0 Å². The Kier molecular flexibility index (Phi) is 12.2. The minimum atomic E-state index is -0.786. The number of carbonyl (C=O) groups is 2. The molecule has 2 N–H and O–H groups in total. The van der Waals surface area contributed by atoms with Gasteiger partial charge in [-0.3, -0.25) is 14.3 Å². The van der Waals surface area contributed by atoms with Gasteiger partial charge in [0.2, 0.25) is 11.9 Å². The van der Waals surface area contributed by atoms with Gasteiger partial charge in [0.1, 0.15) is 35.3 Å². The SMILES string of the molecule is CCc1c(-c2ccc(NC(=O)[C@@H](NC(=O)c3ccnn3CC)C3CCC(C)CC3)nc2F)c(C)nn1COCC[S+](C)C(C)C. The molecule has 1 saturated carbocycles. The number of carbonyl (C=O) groups excluding carboxylic acids is 2. The predicted octanol–water partition coefficient (Wildman–Crippen LogP) is 5.37. The zero-order chi connectivity index (χ0) is 32.7. The fourth-order valence-electron chi connectivity index (χ4n) is 5.93. The molecule has 1 unspecified atom stereocenters. The molecule has 2 atom stereocenters. The van der Waals surface area contributed by atoms with Gasteiger partial charge in [0.25, 0.3) is 5.91 Å². The van der Waals surface area contributed by atoms with Crippen molar-refractivity contribution in [2.45, 2.75) is 98.2 Å². The quantitative estimate of drug-likeness (QED) is 0.139. The Bertz CT molecular complexity index is 1450. The highest BCUT2D eigenvalue weighted by Gasteiger charge is 2.33. The second kappa shape index (κ2) is 15.8. The third kappa shape index (κ3) is 8.52. The van der Waals surface area contributed by atoms with Gasteiger partial charge in [-0.1, -0.05) is 26.7 Å². The second-order valence-electron chi connectivity index (χ2n) is 12.3. The molecule has 0 aromatic carbocycles. The molecule has 1 fully saturated rings. The van der Waals surface area contributed by atoms with E-state index >= 15 is 4.39 Å². The molecule has 2 amide bonds. The van der Waals surface area contributed by atoms with Gasteiger partial charge in [0.15, 0.2) is 0 Å². The minimum absolute atomic E-state index is 0.0378. The van der Waals surface area contributed by atoms with E-state index in [0.29, 0.717) is 60.0 Å². The molecule has 3 aromatic heterocycles. The van der Waals surface area contributed by atoms with Crippen LogP contribution < -0.4 is 10.6 Å². The maximum Gasteiger partial charge on any atom is 0.270 e. The van der Waals surface area contributed by atoms with Gasteiger partial charge >= 0.3 is 0 Å². The number of aryl methyl sites for hydroxylation is 2. The Morgan fingerprint density at radius 3 is 2.51 bits per heavy atom. The van der Waals surface area contributed by atoms with E-state index in [1.807, 2.05) is 20.8 Å². The van der Waals surface area contributed by atoms with E-state index in [0.717, 1.165) is 37.1 Å². The normalized spacial score (nSPS) is 18.2. The molecule has 0 radical (unpaired) electrons. The lowest BCUT2D eigenvalue weighted by Gasteiger charge is -2.32. The second-order valence-corrected chi connectivity index (χ2v) is 15.0. The van der Waals surface area contributed by atoms with Crippen LogP contribution in [-0.4, -0.2) is 66.3 Å². The summed E-state index contributed by atoms with van der Waals surface area (Å²) in [5.41, 5.74) is 2.96. The van der Waals surface area contributed by atoms with Crippen molar-refractivity contribution < 1.29 is 18.7 Å². The number of hydrogen-bond donors (Lipinski definition) is 2. The van der Waals surface area contributed by atoms with Crippen LogP contribution in [0.5, 0.6) is 0 Å². The lowest BCUT2D eigenvalue weighted by Crippen LogP contribution is -2.49. The van der Waals surface area contributed by atoms with Crippen molar-refractivity contribution in [2.24, 2.45) is 11.8 Å². The van der Waals surface area contributed by atoms with Crippen LogP contribution in [0, 0.1) is 24.7 Å². The van der Waals surface area contributed by atoms with Gasteiger partial charge in [-0.2, -0.15) is 14.6 Å². The van der Waals surface area contributed by atoms with E-state index in [4.69, 9.17) is 4.74 Å². The van der Waals surface area contributed by atoms with Crippen molar-refractivity contribution >= 4 is 28.5 Å². The molecule has 45 heavy (non-hydrogen) atoms. The lowest BCUT2D eigenvalue weighted by atomic mass is 9.79. The number of halogens is 1. The van der Waals surface area contributed by atoms with Crippen LogP contribution in [0.1, 0.15) is 82.2 Å². The molecule has 0 aliphatic heterocycles. The topological polar surface area (TPSA) is 116 Å². The largest absolute Gasteiger partial charge is 0.354 e. The zero-order valence-electron chi connectivity index (χ0n) is 27.7. The molecule has 3 aromatic rings. The molecule has 0 saturated heterocycles. The van der Waals surface area contributed by atoms with Crippen LogP contribution in [0.15, 0.2) is 24.4 Å². The molecule has 0 spiro atoms. The lowest BCUT2D eigenvalue weighted by molar-refractivity contribution is -0.119. The third-order valence-corrected chi connectivity index (χ3v) is 11.3. The molecule has 10 nitrogen and oxygen atoms in total. The standard InChI is InChI=1S/C33H48FN7O3S/c1-8-26-29(23(6)39-41(26)20-44-18-19-45(7)21(3)4)25-14-15-28(36-31(25)34)37-33(43)30(24-12-10-22(5)11-13-24)38-32(42)27-16-17-35-40(27)9-2/h14-17,21-22,24,30H,8-13,18-20H2,1-7H3,(H-,36,37,38,42,43)/p+1/t22?,24?,30-,45?/m0/s1. The first kappa shape index (κ1) is 34.6. The molecule has 0 bridgehead atoms. The zero-order valence-corrected chi connectivity index (χ0v) is 28.5. The van der Waals surface area contributed by atoms with Crippen LogP contribution in [0.2, 0.25) is 0 Å². The van der Waals surface area contributed by atoms with Crippen molar-refractivity contribution in [1.82, 2.24) is 29.9 Å². The summed E-state index contributed by atoms with van der Waals surface area (Å²) in [5.74, 6) is 0.155. The number of rotatable bonds is 14. The highest BCUT2D eigenvalue weighted by Crippen LogP contribution is 2.32. The summed E-state index contributed by atoms with van der Waals surface area (Å²) < 4.78 is 25.0. The molecule has 1 aliphatic rings. The van der Waals surface area contributed by atoms with Gasteiger partial charge in [-0.05, 0) is 87.9 Å². The Morgan fingerprint density at radius 2 is 1.87 bits per heavy atom. The van der Waals surface area contributed by atoms with Crippen LogP contribution in [0.25, 0.3) is 11.1 Å². The maximum absolute atomic E-state index is 15.6. The summed E-state index contributed by atoms with van der Waals surface area (Å²) in [6.07, 6.45) is 8.05. The molecular weight excluding hydrogens is 593 g/mol. The van der Waals surface area contributed by atoms with Crippen LogP contribution in [0.4, 0.5) is 10.2 Å². The predicted molar refractivity (Wildman–Crippen MR) is 178 cm³/mol. The summed E-state index contributed by atoms with van der Waals surface area (Å²) in [6, 6.07) is 4.09. The van der Waals surface area contributed by atoms with Gasteiger partial charge in [0, 0.05) is 29.6 Å². The van der Waals surface area contributed by atoms with E-state index in [1.165, 1.54) is 0 Å². The van der Waals surface area contributed by atoms with Gasteiger partial charge in [-0.15, -0.1) is 0 Å². The van der Waals surface area contributed by atoms with E-state index in [2.05, 4.69) is 52.8 Å². The van der Waals surface area contributed by atoms with Crippen LogP contribution in [-0.2, 0) is 40.1 Å². The summed E-state index contributed by atoms with van der Waals surface area (Å²) in [7, 11) is 0.290. The number of hydrogen-bond acceptors (Lipinski definition) is 6. The Balaban J connectivity index is 1.50. The number of aromatic nitrogens is 5. The van der Waals surface area contributed by atoms with Crippen molar-refractivity contribution in [2.75, 3.05) is 23.9 Å². The fraction of sp³-hybridized carbons (Fsp3) is 0.606. The van der Waals surface area contributed by atoms with Gasteiger partial charge in [0.05, 0.1) is 18.6 Å². The summed E-state index contributed by atoms with van der Waals surface area (Å²) >= 11 is 0.